The molecular weight excluding hydrogens is 510 g/mol. The van der Waals surface area contributed by atoms with Gasteiger partial charge in [-0.15, -0.1) is 0 Å². The lowest BCUT2D eigenvalue weighted by atomic mass is 9.89. The van der Waals surface area contributed by atoms with E-state index in [-0.39, 0.29) is 25.2 Å². The molecule has 5 N–H and O–H groups in total. The lowest BCUT2D eigenvalue weighted by Gasteiger charge is -2.31. The fourth-order valence-corrected chi connectivity index (χ4v) is 5.51. The zero-order valence-electron chi connectivity index (χ0n) is 23.2. The highest BCUT2D eigenvalue weighted by Crippen LogP contribution is 2.30. The van der Waals surface area contributed by atoms with Crippen LogP contribution >= 0.6 is 0 Å². The Morgan fingerprint density at radius 3 is 2.62 bits per heavy atom. The molecule has 0 radical (unpaired) electrons. The third-order valence-corrected chi connectivity index (χ3v) is 7.58. The van der Waals surface area contributed by atoms with E-state index in [4.69, 9.17) is 10.7 Å². The van der Waals surface area contributed by atoms with Crippen LogP contribution in [0.3, 0.4) is 0 Å². The number of pyridine rings is 1. The number of aliphatic hydroxyl groups is 2. The Labute approximate surface area is 233 Å². The lowest BCUT2D eigenvalue weighted by molar-refractivity contribution is 0.200. The summed E-state index contributed by atoms with van der Waals surface area (Å²) in [6.07, 6.45) is 9.83. The molecule has 5 heterocycles. The molecule has 4 aromatic rings. The van der Waals surface area contributed by atoms with Gasteiger partial charge in [-0.1, -0.05) is 13.3 Å². The summed E-state index contributed by atoms with van der Waals surface area (Å²) < 4.78 is 3.53. The Morgan fingerprint density at radius 1 is 1.10 bits per heavy atom. The highest BCUT2D eigenvalue weighted by atomic mass is 16.3. The van der Waals surface area contributed by atoms with E-state index in [1.54, 1.807) is 21.9 Å². The maximum absolute atomic E-state index is 10.2. The van der Waals surface area contributed by atoms with Crippen molar-refractivity contribution in [1.82, 2.24) is 44.4 Å². The maximum atomic E-state index is 10.2. The van der Waals surface area contributed by atoms with Gasteiger partial charge in [0, 0.05) is 31.5 Å². The van der Waals surface area contributed by atoms with Gasteiger partial charge in [0.2, 0.25) is 5.95 Å². The van der Waals surface area contributed by atoms with E-state index in [9.17, 15) is 10.2 Å². The Balaban J connectivity index is 1.32. The smallest absolute Gasteiger partial charge is 0.222 e. The number of hydrogen-bond donors (Lipinski definition) is 4. The number of rotatable bonds is 12. The van der Waals surface area contributed by atoms with Crippen LogP contribution in [0, 0.1) is 0 Å². The molecule has 1 aliphatic rings. The molecule has 0 aromatic carbocycles. The van der Waals surface area contributed by atoms with Gasteiger partial charge in [0.05, 0.1) is 31.6 Å². The summed E-state index contributed by atoms with van der Waals surface area (Å²) in [4.78, 5) is 20.3. The highest BCUT2D eigenvalue weighted by Gasteiger charge is 2.23. The van der Waals surface area contributed by atoms with Crippen LogP contribution in [0.4, 0.5) is 11.8 Å². The van der Waals surface area contributed by atoms with Crippen LogP contribution in [-0.4, -0.2) is 80.3 Å². The van der Waals surface area contributed by atoms with Crippen LogP contribution in [0.1, 0.15) is 67.6 Å². The van der Waals surface area contributed by atoms with E-state index in [1.807, 2.05) is 13.2 Å². The van der Waals surface area contributed by atoms with Crippen molar-refractivity contribution in [3.8, 4) is 0 Å². The summed E-state index contributed by atoms with van der Waals surface area (Å²) in [5.41, 5.74) is 10.0. The number of likely N-dealkylation sites (tertiary alicyclic amines) is 1. The molecule has 0 aliphatic carbocycles. The fourth-order valence-electron chi connectivity index (χ4n) is 5.51. The number of nitrogens with one attached hydrogen (secondary N) is 1. The van der Waals surface area contributed by atoms with Gasteiger partial charge in [-0.2, -0.15) is 15.2 Å². The predicted octanol–water partition coefficient (Wildman–Crippen LogP) is 1.82. The molecule has 13 nitrogen and oxygen atoms in total. The van der Waals surface area contributed by atoms with Crippen LogP contribution in [0.25, 0.3) is 11.0 Å². The third-order valence-electron chi connectivity index (χ3n) is 7.58. The van der Waals surface area contributed by atoms with Gasteiger partial charge in [0.15, 0.2) is 11.6 Å². The molecule has 1 atom stereocenters. The Hall–Kier alpha value is -3.68. The van der Waals surface area contributed by atoms with Gasteiger partial charge >= 0.3 is 0 Å². The van der Waals surface area contributed by atoms with E-state index in [1.165, 1.54) is 0 Å². The van der Waals surface area contributed by atoms with E-state index in [0.29, 0.717) is 30.2 Å². The second kappa shape index (κ2) is 12.7. The van der Waals surface area contributed by atoms with Crippen molar-refractivity contribution in [2.75, 3.05) is 30.7 Å². The largest absolute Gasteiger partial charge is 0.396 e. The first-order chi connectivity index (χ1) is 19.5. The molecule has 40 heavy (non-hydrogen) atoms. The molecule has 0 amide bonds. The van der Waals surface area contributed by atoms with Crippen molar-refractivity contribution in [3.63, 3.8) is 0 Å². The standard InChI is InChI=1S/C27H39N11O2/c1-3-4-21(7-10-39)32-26-25-22(33-27(28)34-26)13-31-38(25)14-23-20(16-40)11-19(12-29-23)18-5-8-37(9-6-18)15-24-30-17-36(2)35-24/h11-13,17-18,21,39-40H,3-10,14-16H2,1-2H3,(H3,28,32,33,34)/t21-/m0/s1. The molecule has 0 spiro atoms. The number of aliphatic hydroxyl groups excluding tert-OH is 2. The first-order valence-corrected chi connectivity index (χ1v) is 14.0. The molecule has 0 bridgehead atoms. The molecule has 4 aromatic heterocycles. The van der Waals surface area contributed by atoms with E-state index in [0.717, 1.165) is 73.5 Å². The number of hydrogen-bond acceptors (Lipinski definition) is 11. The van der Waals surface area contributed by atoms with Gasteiger partial charge in [-0.05, 0) is 56.3 Å². The van der Waals surface area contributed by atoms with Gasteiger partial charge in [-0.25, -0.2) is 9.97 Å². The predicted molar refractivity (Wildman–Crippen MR) is 151 cm³/mol. The van der Waals surface area contributed by atoms with Gasteiger partial charge in [0.25, 0.3) is 0 Å². The summed E-state index contributed by atoms with van der Waals surface area (Å²) in [7, 11) is 1.88. The first-order valence-electron chi connectivity index (χ1n) is 14.0. The number of piperidine rings is 1. The number of anilines is 2. The SMILES string of the molecule is CCC[C@@H](CCO)Nc1nc(N)nc2cnn(Cc3ncc(C4CCN(Cc5ncn(C)n5)CC4)cc3CO)c12. The fraction of sp³-hybridized carbons (Fsp3) is 0.556. The topological polar surface area (TPSA) is 169 Å². The van der Waals surface area contributed by atoms with Crippen molar-refractivity contribution < 1.29 is 10.2 Å². The van der Waals surface area contributed by atoms with Crippen LogP contribution in [0.15, 0.2) is 24.8 Å². The normalized spacial score (nSPS) is 15.6. The van der Waals surface area contributed by atoms with Crippen LogP contribution < -0.4 is 11.1 Å². The third kappa shape index (κ3) is 6.37. The summed E-state index contributed by atoms with van der Waals surface area (Å²) in [5.74, 6) is 1.98. The quantitative estimate of drug-likeness (QED) is 0.203. The number of nitrogens with two attached hydrogens (primary N) is 1. The molecular formula is C27H39N11O2. The van der Waals surface area contributed by atoms with Crippen LogP contribution in [0.2, 0.25) is 0 Å². The average Bonchev–Trinajstić information content (AvgIpc) is 3.55. The van der Waals surface area contributed by atoms with Crippen molar-refractivity contribution in [2.24, 2.45) is 7.05 Å². The molecule has 1 aliphatic heterocycles. The number of aryl methyl sites for hydroxylation is 1. The van der Waals surface area contributed by atoms with E-state index < -0.39 is 0 Å². The summed E-state index contributed by atoms with van der Waals surface area (Å²) >= 11 is 0. The number of aromatic nitrogens is 8. The van der Waals surface area contributed by atoms with Gasteiger partial charge in [0.1, 0.15) is 17.4 Å². The zero-order chi connectivity index (χ0) is 28.1. The zero-order valence-corrected chi connectivity index (χ0v) is 23.2. The molecule has 5 rings (SSSR count). The van der Waals surface area contributed by atoms with Crippen molar-refractivity contribution in [2.45, 2.75) is 70.7 Å². The minimum atomic E-state index is -0.108. The van der Waals surface area contributed by atoms with E-state index in [2.05, 4.69) is 48.4 Å². The summed E-state index contributed by atoms with van der Waals surface area (Å²) in [6, 6.07) is 2.13. The summed E-state index contributed by atoms with van der Waals surface area (Å²) in [5, 5.41) is 32.2. The number of fused-ring (bicyclic) bond motifs is 1. The molecule has 1 fully saturated rings. The Morgan fingerprint density at radius 2 is 1.93 bits per heavy atom. The van der Waals surface area contributed by atoms with Crippen molar-refractivity contribution in [1.29, 1.82) is 0 Å². The van der Waals surface area contributed by atoms with Crippen molar-refractivity contribution in [3.05, 3.63) is 47.4 Å². The van der Waals surface area contributed by atoms with Crippen LogP contribution in [0.5, 0.6) is 0 Å². The monoisotopic (exact) mass is 549 g/mol. The van der Waals surface area contributed by atoms with Crippen LogP contribution in [-0.2, 0) is 26.7 Å². The maximum Gasteiger partial charge on any atom is 0.222 e. The number of nitrogen functional groups attached to an aromatic ring is 1. The molecule has 0 unspecified atom stereocenters. The minimum absolute atomic E-state index is 0.0490. The summed E-state index contributed by atoms with van der Waals surface area (Å²) in [6.45, 7) is 5.13. The molecule has 13 heteroatoms. The lowest BCUT2D eigenvalue weighted by Crippen LogP contribution is -2.33. The minimum Gasteiger partial charge on any atom is -0.396 e. The number of nitrogens with zero attached hydrogens (tertiary/aromatic N) is 9. The Kier molecular flexibility index (Phi) is 8.82. The van der Waals surface area contributed by atoms with Gasteiger partial charge < -0.3 is 21.3 Å². The molecule has 214 valence electrons. The average molecular weight is 550 g/mol. The first kappa shape index (κ1) is 27.9. The second-order valence-electron chi connectivity index (χ2n) is 10.5. The van der Waals surface area contributed by atoms with E-state index >= 15 is 0 Å². The van der Waals surface area contributed by atoms with Crippen molar-refractivity contribution >= 4 is 22.8 Å². The second-order valence-corrected chi connectivity index (χ2v) is 10.5. The molecule has 0 saturated carbocycles. The Bertz CT molecular complexity index is 1400. The molecule has 1 saturated heterocycles. The highest BCUT2D eigenvalue weighted by molar-refractivity contribution is 5.86. The van der Waals surface area contributed by atoms with Gasteiger partial charge in [-0.3, -0.25) is 19.2 Å².